The Kier molecular flexibility index (Phi) is 13.4. The molecule has 0 spiro atoms. The molecule has 0 N–H and O–H groups in total. The Labute approximate surface area is 92.1 Å². The van der Waals surface area contributed by atoms with E-state index in [4.69, 9.17) is 0 Å². The first-order valence-corrected chi connectivity index (χ1v) is 4.29. The number of rotatable bonds is 1. The Morgan fingerprint density at radius 2 is 2.36 bits per heavy atom. The molecular weight excluding hydrogens is 239 g/mol. The number of hydrogen-bond acceptors (Lipinski definition) is 2. The second-order valence-electron chi connectivity index (χ2n) is 1.60. The zero-order chi connectivity index (χ0) is 7.82. The third-order valence-corrected chi connectivity index (χ3v) is 1.29. The summed E-state index contributed by atoms with van der Waals surface area (Å²) in [5.74, 6) is 0.222. The van der Waals surface area contributed by atoms with Crippen molar-refractivity contribution in [2.24, 2.45) is 0 Å². The number of hydrogen-bond donors (Lipinski definition) is 0. The Morgan fingerprint density at radius 3 is 2.45 bits per heavy atom. The van der Waals surface area contributed by atoms with Crippen molar-refractivity contribution in [3.63, 3.8) is 0 Å². The van der Waals surface area contributed by atoms with Crippen LogP contribution in [0.4, 0.5) is 0 Å². The van der Waals surface area contributed by atoms with Gasteiger partial charge in [-0.15, -0.1) is 6.42 Å². The molecule has 11 heavy (non-hydrogen) atoms. The Hall–Kier alpha value is 0.473. The van der Waals surface area contributed by atoms with E-state index >= 15 is 0 Å². The van der Waals surface area contributed by atoms with Gasteiger partial charge in [0.2, 0.25) is 0 Å². The van der Waals surface area contributed by atoms with Gasteiger partial charge < -0.3 is 7.41 Å². The van der Waals surface area contributed by atoms with Crippen LogP contribution in [0.25, 0.3) is 0 Å². The summed E-state index contributed by atoms with van der Waals surface area (Å²) in [5.41, 5.74) is 0. The first-order chi connectivity index (χ1) is 4.77. The fourth-order valence-corrected chi connectivity index (χ4v) is 0.340. The van der Waals surface area contributed by atoms with Crippen molar-refractivity contribution in [2.75, 3.05) is 5.75 Å². The summed E-state index contributed by atoms with van der Waals surface area (Å²) in [5, 5.41) is 0. The van der Waals surface area contributed by atoms with Crippen LogP contribution in [0.1, 0.15) is 16.2 Å². The molecule has 1 aliphatic carbocycles. The van der Waals surface area contributed by atoms with Crippen LogP contribution in [0.5, 0.6) is 0 Å². The molecule has 1 atom stereocenters. The third kappa shape index (κ3) is 13.5. The molecule has 0 fully saturated rings. The summed E-state index contributed by atoms with van der Waals surface area (Å²) >= 11 is -1.82. The molecule has 0 amide bonds. The summed E-state index contributed by atoms with van der Waals surface area (Å²) in [6.07, 6.45) is 10.0. The quantitative estimate of drug-likeness (QED) is 0.522. The molecule has 0 aliphatic heterocycles. The van der Waals surface area contributed by atoms with Crippen LogP contribution in [0.3, 0.4) is 0 Å². The van der Waals surface area contributed by atoms with Crippen LogP contribution in [0.15, 0.2) is 18.2 Å². The fourth-order valence-electron chi connectivity index (χ4n) is 0.340. The van der Waals surface area contributed by atoms with Gasteiger partial charge in [0.15, 0.2) is 0 Å². The minimum atomic E-state index is -1.82. The number of allylic oxidation sites excluding steroid dienone is 4. The van der Waals surface area contributed by atoms with Crippen molar-refractivity contribution in [3.05, 3.63) is 24.3 Å². The average Bonchev–Trinajstić information content (AvgIpc) is 2.43. The molecule has 64 valence electrons. The minimum Gasteiger partial charge on any atom is -1.00 e. The molecule has 0 saturated heterocycles. The van der Waals surface area contributed by atoms with Crippen LogP contribution in [-0.4, -0.2) is 14.5 Å². The monoisotopic (exact) mass is 250 g/mol. The van der Waals surface area contributed by atoms with Gasteiger partial charge in [0, 0.05) is 5.75 Å². The topological polar surface area (TPSA) is 40.1 Å². The molecule has 0 aromatic heterocycles. The van der Waals surface area contributed by atoms with Gasteiger partial charge in [-0.05, 0) is 0 Å². The van der Waals surface area contributed by atoms with Crippen molar-refractivity contribution < 1.29 is 37.8 Å². The first-order valence-electron chi connectivity index (χ1n) is 3.05. The summed E-state index contributed by atoms with van der Waals surface area (Å²) in [7, 11) is 0. The summed E-state index contributed by atoms with van der Waals surface area (Å²) in [4.78, 5) is 0. The fraction of sp³-hybridized carbons (Fsp3) is 0.429. The molecule has 1 unspecified atom stereocenters. The summed E-state index contributed by atoms with van der Waals surface area (Å²) in [6.45, 7) is 1.59. The van der Waals surface area contributed by atoms with Crippen molar-refractivity contribution in [3.8, 4) is 0 Å². The zero-order valence-corrected chi connectivity index (χ0v) is 9.65. The van der Waals surface area contributed by atoms with E-state index < -0.39 is 11.1 Å². The predicted molar refractivity (Wildman–Crippen MR) is 43.3 cm³/mol. The standard InChI is InChI=1S/C5H5.C2H6O2S.Zr.2H/c1-2-4-5-3-1;1-2-5(3)4;;;/h1-3H,4H2;2H2,1H3,(H,3,4);;;/q-1;;+2;2*-1/p-1. The van der Waals surface area contributed by atoms with Crippen molar-refractivity contribution in [1.82, 2.24) is 0 Å². The van der Waals surface area contributed by atoms with Crippen molar-refractivity contribution >= 4 is 11.1 Å². The van der Waals surface area contributed by atoms with Crippen LogP contribution in [0.2, 0.25) is 0 Å². The van der Waals surface area contributed by atoms with E-state index in [0.717, 1.165) is 6.42 Å². The van der Waals surface area contributed by atoms with Crippen molar-refractivity contribution in [1.29, 1.82) is 0 Å². The molecule has 0 aromatic rings. The molecule has 0 bridgehead atoms. The maximum atomic E-state index is 9.37. The van der Waals surface area contributed by atoms with Crippen LogP contribution >= 0.6 is 0 Å². The average molecular weight is 251 g/mol. The van der Waals surface area contributed by atoms with Gasteiger partial charge in [-0.1, -0.05) is 18.0 Å². The van der Waals surface area contributed by atoms with Gasteiger partial charge in [-0.25, -0.2) is 12.2 Å². The second-order valence-corrected chi connectivity index (χ2v) is 2.78. The van der Waals surface area contributed by atoms with E-state index in [2.05, 4.69) is 12.2 Å². The molecule has 0 saturated carbocycles. The van der Waals surface area contributed by atoms with E-state index in [1.807, 2.05) is 12.2 Å². The van der Waals surface area contributed by atoms with Gasteiger partial charge in [0.05, 0.1) is 0 Å². The largest absolute Gasteiger partial charge is 2.00 e. The van der Waals surface area contributed by atoms with Gasteiger partial charge in [-0.2, -0.15) is 6.08 Å². The molecule has 2 nitrogen and oxygen atoms in total. The maximum Gasteiger partial charge on any atom is 2.00 e. The Balaban J connectivity index is -0.0000000506. The summed E-state index contributed by atoms with van der Waals surface area (Å²) < 4.78 is 18.7. The Morgan fingerprint density at radius 1 is 1.82 bits per heavy atom. The summed E-state index contributed by atoms with van der Waals surface area (Å²) in [6, 6.07) is 0. The van der Waals surface area contributed by atoms with E-state index in [1.54, 1.807) is 6.92 Å². The maximum absolute atomic E-state index is 9.37. The smallest absolute Gasteiger partial charge is 1.00 e. The minimum absolute atomic E-state index is 0. The van der Waals surface area contributed by atoms with Gasteiger partial charge in [0.25, 0.3) is 0 Å². The first kappa shape index (κ1) is 14.0. The third-order valence-electron chi connectivity index (χ3n) is 0.822. The molecule has 4 heteroatoms. The van der Waals surface area contributed by atoms with E-state index in [0.29, 0.717) is 0 Å². The molecule has 0 radical (unpaired) electrons. The molecule has 1 rings (SSSR count). The normalized spacial score (nSPS) is 14.7. The van der Waals surface area contributed by atoms with Gasteiger partial charge >= 0.3 is 26.2 Å². The molecule has 1 aliphatic rings. The SMILES string of the molecule is CCS(=O)[O-].[C-]1=CC=CC1.[H-].[H-].[Zr+2]. The van der Waals surface area contributed by atoms with Crippen LogP contribution in [-0.2, 0) is 37.3 Å². The predicted octanol–water partition coefficient (Wildman–Crippen LogP) is 1.41. The van der Waals surface area contributed by atoms with Crippen LogP contribution < -0.4 is 0 Å². The zero-order valence-electron chi connectivity index (χ0n) is 8.37. The van der Waals surface area contributed by atoms with E-state index in [9.17, 15) is 8.76 Å². The van der Waals surface area contributed by atoms with E-state index in [-0.39, 0.29) is 34.8 Å². The Bertz CT molecular complexity index is 153. The van der Waals surface area contributed by atoms with Gasteiger partial charge in [0.1, 0.15) is 0 Å². The van der Waals surface area contributed by atoms with E-state index in [1.165, 1.54) is 0 Å². The molecule has 0 aromatic carbocycles. The second kappa shape index (κ2) is 10.5. The molecular formula is C7H12O2SZr-2. The van der Waals surface area contributed by atoms with Crippen LogP contribution in [0, 0.1) is 6.08 Å². The molecule has 0 heterocycles. The van der Waals surface area contributed by atoms with Gasteiger partial charge in [-0.3, -0.25) is 10.3 Å². The van der Waals surface area contributed by atoms with Crippen molar-refractivity contribution in [2.45, 2.75) is 13.3 Å².